The topological polar surface area (TPSA) is 66.4 Å². The number of hydrogen-bond acceptors (Lipinski definition) is 2. The van der Waals surface area contributed by atoms with Crippen LogP contribution in [-0.2, 0) is 9.59 Å². The van der Waals surface area contributed by atoms with Crippen LogP contribution in [0, 0.1) is 29.5 Å². The number of anilines is 1. The van der Waals surface area contributed by atoms with Crippen LogP contribution in [-0.4, -0.2) is 17.0 Å². The zero-order valence-electron chi connectivity index (χ0n) is 11.2. The largest absolute Gasteiger partial charge is 0.481 e. The van der Waals surface area contributed by atoms with Crippen LogP contribution in [0.15, 0.2) is 22.7 Å². The summed E-state index contributed by atoms with van der Waals surface area (Å²) >= 11 is 3.15. The van der Waals surface area contributed by atoms with E-state index in [9.17, 15) is 19.1 Å². The van der Waals surface area contributed by atoms with Gasteiger partial charge in [-0.1, -0.05) is 15.9 Å². The van der Waals surface area contributed by atoms with Gasteiger partial charge >= 0.3 is 5.97 Å². The van der Waals surface area contributed by atoms with Gasteiger partial charge in [-0.05, 0) is 49.3 Å². The summed E-state index contributed by atoms with van der Waals surface area (Å²) in [6.07, 6.45) is 2.55. The molecule has 4 atom stereocenters. The Hall–Kier alpha value is -1.43. The highest BCUT2D eigenvalue weighted by Crippen LogP contribution is 2.52. The molecule has 0 saturated heterocycles. The summed E-state index contributed by atoms with van der Waals surface area (Å²) in [5.74, 6) is -2.83. The Bertz CT molecular complexity index is 607. The molecule has 2 N–H and O–H groups in total. The molecule has 4 nitrogen and oxygen atoms in total. The molecule has 1 amide bonds. The highest BCUT2D eigenvalue weighted by Gasteiger charge is 2.54. The molecule has 0 unspecified atom stereocenters. The zero-order valence-corrected chi connectivity index (χ0v) is 12.8. The highest BCUT2D eigenvalue weighted by atomic mass is 79.9. The molecule has 0 aromatic heterocycles. The normalized spacial score (nSPS) is 30.4. The lowest BCUT2D eigenvalue weighted by molar-refractivity contribution is -0.148. The molecule has 2 aliphatic rings. The molecule has 1 aromatic rings. The first-order valence-corrected chi connectivity index (χ1v) is 7.75. The monoisotopic (exact) mass is 355 g/mol. The van der Waals surface area contributed by atoms with Crippen molar-refractivity contribution in [3.05, 3.63) is 28.5 Å². The van der Waals surface area contributed by atoms with E-state index in [1.807, 2.05) is 0 Å². The number of benzene rings is 1. The number of aliphatic carboxylic acids is 1. The molecule has 0 radical (unpaired) electrons. The van der Waals surface area contributed by atoms with Gasteiger partial charge in [0.2, 0.25) is 5.91 Å². The van der Waals surface area contributed by atoms with Crippen molar-refractivity contribution >= 4 is 33.5 Å². The fourth-order valence-electron chi connectivity index (χ4n) is 3.83. The summed E-state index contributed by atoms with van der Waals surface area (Å²) in [5, 5.41) is 11.9. The molecule has 0 aliphatic heterocycles. The van der Waals surface area contributed by atoms with E-state index < -0.39 is 23.6 Å². The van der Waals surface area contributed by atoms with Gasteiger partial charge in [0.05, 0.1) is 17.5 Å². The molecule has 21 heavy (non-hydrogen) atoms. The van der Waals surface area contributed by atoms with Gasteiger partial charge in [-0.3, -0.25) is 9.59 Å². The van der Waals surface area contributed by atoms with Gasteiger partial charge in [-0.25, -0.2) is 4.39 Å². The number of rotatable bonds is 3. The van der Waals surface area contributed by atoms with Gasteiger partial charge in [0.15, 0.2) is 0 Å². The van der Waals surface area contributed by atoms with E-state index >= 15 is 0 Å². The fourth-order valence-corrected chi connectivity index (χ4v) is 4.16. The Balaban J connectivity index is 1.80. The van der Waals surface area contributed by atoms with Crippen molar-refractivity contribution < 1.29 is 19.1 Å². The van der Waals surface area contributed by atoms with Crippen LogP contribution in [0.1, 0.15) is 19.3 Å². The first-order chi connectivity index (χ1) is 9.97. The van der Waals surface area contributed by atoms with Gasteiger partial charge in [0.25, 0.3) is 0 Å². The number of hydrogen-bond donors (Lipinski definition) is 2. The number of amides is 1. The number of carbonyl (C=O) groups excluding carboxylic acids is 1. The maximum atomic E-state index is 13.8. The number of carbonyl (C=O) groups is 2. The maximum absolute atomic E-state index is 13.8. The van der Waals surface area contributed by atoms with Gasteiger partial charge in [-0.15, -0.1) is 0 Å². The number of carboxylic acid groups (broad SMARTS) is 1. The van der Waals surface area contributed by atoms with Crippen molar-refractivity contribution in [3.63, 3.8) is 0 Å². The van der Waals surface area contributed by atoms with Gasteiger partial charge in [0.1, 0.15) is 5.82 Å². The molecule has 2 fully saturated rings. The number of halogens is 2. The van der Waals surface area contributed by atoms with E-state index in [1.54, 1.807) is 6.07 Å². The quantitative estimate of drug-likeness (QED) is 0.874. The first-order valence-electron chi connectivity index (χ1n) is 6.96. The van der Waals surface area contributed by atoms with E-state index in [0.717, 1.165) is 19.3 Å². The van der Waals surface area contributed by atoms with Crippen molar-refractivity contribution in [1.82, 2.24) is 0 Å². The summed E-state index contributed by atoms with van der Waals surface area (Å²) in [4.78, 5) is 23.8. The minimum Gasteiger partial charge on any atom is -0.481 e. The second-order valence-corrected chi connectivity index (χ2v) is 6.75. The lowest BCUT2D eigenvalue weighted by Crippen LogP contribution is -2.38. The second kappa shape index (κ2) is 5.40. The minimum absolute atomic E-state index is 0.0815. The maximum Gasteiger partial charge on any atom is 0.307 e. The number of nitrogens with one attached hydrogen (secondary N) is 1. The van der Waals surface area contributed by atoms with Crippen LogP contribution < -0.4 is 5.32 Å². The Morgan fingerprint density at radius 3 is 2.52 bits per heavy atom. The molecule has 0 heterocycles. The van der Waals surface area contributed by atoms with Gasteiger partial charge in [-0.2, -0.15) is 0 Å². The molecule has 1 aromatic carbocycles. The smallest absolute Gasteiger partial charge is 0.307 e. The molecule has 2 aliphatic carbocycles. The van der Waals surface area contributed by atoms with Crippen molar-refractivity contribution in [3.8, 4) is 0 Å². The number of carboxylic acids is 1. The van der Waals surface area contributed by atoms with Crippen molar-refractivity contribution in [1.29, 1.82) is 0 Å². The third kappa shape index (κ3) is 2.57. The molecule has 2 bridgehead atoms. The van der Waals surface area contributed by atoms with E-state index in [-0.39, 0.29) is 23.4 Å². The predicted octanol–water partition coefficient (Wildman–Crippen LogP) is 3.27. The Labute approximate surface area is 129 Å². The first kappa shape index (κ1) is 14.5. The van der Waals surface area contributed by atoms with Crippen LogP contribution in [0.25, 0.3) is 0 Å². The third-order valence-electron chi connectivity index (χ3n) is 4.69. The third-order valence-corrected chi connectivity index (χ3v) is 5.19. The second-order valence-electron chi connectivity index (χ2n) is 5.84. The van der Waals surface area contributed by atoms with Gasteiger partial charge in [0, 0.05) is 4.47 Å². The summed E-state index contributed by atoms with van der Waals surface area (Å²) in [6, 6.07) is 4.37. The fraction of sp³-hybridized carbons (Fsp3) is 0.467. The minimum atomic E-state index is -0.918. The Morgan fingerprint density at radius 1 is 1.24 bits per heavy atom. The van der Waals surface area contributed by atoms with Crippen molar-refractivity contribution in [2.24, 2.45) is 23.7 Å². The van der Waals surface area contributed by atoms with E-state index in [0.29, 0.717) is 4.47 Å². The SMILES string of the molecule is O=C(O)[C@H]1[C@H]2CC[C@H](C2)[C@@H]1C(=O)Nc1ccc(Br)cc1F. The standard InChI is InChI=1S/C15H15BrFNO3/c16-9-3-4-11(10(17)6-9)18-14(19)12-7-1-2-8(5-7)13(12)15(20)21/h3-4,6-8,12-13H,1-2,5H2,(H,18,19)(H,20,21)/t7-,8+,12+,13+/m1/s1. The van der Waals surface area contributed by atoms with E-state index in [1.165, 1.54) is 12.1 Å². The molecular weight excluding hydrogens is 341 g/mol. The van der Waals surface area contributed by atoms with Crippen molar-refractivity contribution in [2.45, 2.75) is 19.3 Å². The average Bonchev–Trinajstić information content (AvgIpc) is 3.02. The summed E-state index contributed by atoms with van der Waals surface area (Å²) in [6.45, 7) is 0. The number of fused-ring (bicyclic) bond motifs is 2. The summed E-state index contributed by atoms with van der Waals surface area (Å²) < 4.78 is 14.4. The lowest BCUT2D eigenvalue weighted by Gasteiger charge is -2.27. The zero-order chi connectivity index (χ0) is 15.1. The molecule has 2 saturated carbocycles. The summed E-state index contributed by atoms with van der Waals surface area (Å²) in [7, 11) is 0. The van der Waals surface area contributed by atoms with E-state index in [4.69, 9.17) is 0 Å². The average molecular weight is 356 g/mol. The molecule has 3 rings (SSSR count). The molecule has 0 spiro atoms. The van der Waals surface area contributed by atoms with Crippen LogP contribution in [0.4, 0.5) is 10.1 Å². The molecular formula is C15H15BrFNO3. The summed E-state index contributed by atoms with van der Waals surface area (Å²) in [5.41, 5.74) is 0.0927. The van der Waals surface area contributed by atoms with Crippen LogP contribution in [0.3, 0.4) is 0 Å². The molecule has 6 heteroatoms. The van der Waals surface area contributed by atoms with Crippen LogP contribution in [0.2, 0.25) is 0 Å². The van der Waals surface area contributed by atoms with Gasteiger partial charge < -0.3 is 10.4 Å². The van der Waals surface area contributed by atoms with Crippen LogP contribution in [0.5, 0.6) is 0 Å². The van der Waals surface area contributed by atoms with Crippen LogP contribution >= 0.6 is 15.9 Å². The Morgan fingerprint density at radius 2 is 1.90 bits per heavy atom. The molecule has 112 valence electrons. The highest BCUT2D eigenvalue weighted by molar-refractivity contribution is 9.10. The lowest BCUT2D eigenvalue weighted by atomic mass is 9.78. The van der Waals surface area contributed by atoms with Crippen molar-refractivity contribution in [2.75, 3.05) is 5.32 Å². The Kier molecular flexibility index (Phi) is 3.73. The predicted molar refractivity (Wildman–Crippen MR) is 78.2 cm³/mol. The van der Waals surface area contributed by atoms with E-state index in [2.05, 4.69) is 21.2 Å².